The maximum atomic E-state index is 12.3. The lowest BCUT2D eigenvalue weighted by Gasteiger charge is -2.26. The van der Waals surface area contributed by atoms with Gasteiger partial charge in [0.1, 0.15) is 6.33 Å². The molecule has 1 heterocycles. The summed E-state index contributed by atoms with van der Waals surface area (Å²) in [5, 5.41) is 0. The third-order valence-corrected chi connectivity index (χ3v) is 4.13. The first-order valence-corrected chi connectivity index (χ1v) is 5.82. The maximum Gasteiger partial charge on any atom is 0.170 e. The number of hydrogen-bond donors (Lipinski definition) is 1. The Morgan fingerprint density at radius 3 is 2.56 bits per heavy atom. The number of Topliss-reactive ketones (excluding diaryl/α,β-unsaturated/α-hetero) is 1. The van der Waals surface area contributed by atoms with Crippen molar-refractivity contribution in [1.82, 2.24) is 9.97 Å². The molecular formula is C12H15N3O. The number of hydrogen-bond acceptors (Lipinski definition) is 4. The second kappa shape index (κ2) is 3.63. The molecule has 2 N–H and O–H groups in total. The molecule has 4 nitrogen and oxygen atoms in total. The van der Waals surface area contributed by atoms with Gasteiger partial charge in [-0.15, -0.1) is 0 Å². The predicted octanol–water partition coefficient (Wildman–Crippen LogP) is 1.03. The normalized spacial score (nSPS) is 36.6. The molecule has 4 heteroatoms. The molecule has 0 saturated heterocycles. The molecule has 0 aromatic carbocycles. The molecule has 2 aliphatic rings. The molecule has 0 aliphatic heterocycles. The van der Waals surface area contributed by atoms with Crippen LogP contribution in [0.2, 0.25) is 0 Å². The highest BCUT2D eigenvalue weighted by Crippen LogP contribution is 2.48. The second-order valence-corrected chi connectivity index (χ2v) is 4.93. The Bertz CT molecular complexity index is 404. The Hall–Kier alpha value is -1.29. The summed E-state index contributed by atoms with van der Waals surface area (Å²) in [6, 6.07) is 0.0476. The average Bonchev–Trinajstić information content (AvgIpc) is 2.90. The van der Waals surface area contributed by atoms with Crippen LogP contribution in [0.3, 0.4) is 0 Å². The van der Waals surface area contributed by atoms with E-state index in [0.29, 0.717) is 17.4 Å². The first kappa shape index (κ1) is 9.90. The van der Waals surface area contributed by atoms with Gasteiger partial charge in [-0.25, -0.2) is 9.97 Å². The van der Waals surface area contributed by atoms with Crippen LogP contribution in [-0.4, -0.2) is 21.8 Å². The maximum absolute atomic E-state index is 12.3. The number of nitrogens with zero attached hydrogens (tertiary/aromatic N) is 2. The molecule has 2 fully saturated rings. The monoisotopic (exact) mass is 217 g/mol. The highest BCUT2D eigenvalue weighted by Gasteiger charge is 2.49. The van der Waals surface area contributed by atoms with E-state index in [2.05, 4.69) is 9.97 Å². The zero-order chi connectivity index (χ0) is 11.1. The van der Waals surface area contributed by atoms with Crippen molar-refractivity contribution in [3.8, 4) is 0 Å². The third-order valence-electron chi connectivity index (χ3n) is 4.13. The first-order chi connectivity index (χ1) is 7.77. The van der Waals surface area contributed by atoms with Crippen LogP contribution in [-0.2, 0) is 0 Å². The summed E-state index contributed by atoms with van der Waals surface area (Å²) in [5.74, 6) is 1.20. The van der Waals surface area contributed by atoms with Gasteiger partial charge in [-0.2, -0.15) is 0 Å². The fraction of sp³-hybridized carbons (Fsp3) is 0.583. The van der Waals surface area contributed by atoms with E-state index >= 15 is 0 Å². The van der Waals surface area contributed by atoms with Gasteiger partial charge < -0.3 is 5.73 Å². The van der Waals surface area contributed by atoms with Crippen LogP contribution in [0.5, 0.6) is 0 Å². The Labute approximate surface area is 94.3 Å². The van der Waals surface area contributed by atoms with Crippen LogP contribution in [0.25, 0.3) is 0 Å². The summed E-state index contributed by atoms with van der Waals surface area (Å²) in [6.45, 7) is 0. The first-order valence-electron chi connectivity index (χ1n) is 5.82. The Morgan fingerprint density at radius 1 is 1.25 bits per heavy atom. The molecule has 3 rings (SSSR count). The molecule has 4 atom stereocenters. The van der Waals surface area contributed by atoms with E-state index in [4.69, 9.17) is 5.73 Å². The van der Waals surface area contributed by atoms with Crippen LogP contribution >= 0.6 is 0 Å². The van der Waals surface area contributed by atoms with Crippen molar-refractivity contribution in [2.45, 2.75) is 25.3 Å². The van der Waals surface area contributed by atoms with Gasteiger partial charge in [0.2, 0.25) is 0 Å². The quantitative estimate of drug-likeness (QED) is 0.751. The number of carbonyl (C=O) groups excluding carboxylic acids is 1. The van der Waals surface area contributed by atoms with Crippen molar-refractivity contribution in [2.24, 2.45) is 23.5 Å². The Morgan fingerprint density at radius 2 is 1.94 bits per heavy atom. The molecule has 2 bridgehead atoms. The van der Waals surface area contributed by atoms with Gasteiger partial charge in [0.05, 0.1) is 5.56 Å². The molecule has 2 aliphatic carbocycles. The molecular weight excluding hydrogens is 202 g/mol. The van der Waals surface area contributed by atoms with Gasteiger partial charge in [0.15, 0.2) is 5.78 Å². The van der Waals surface area contributed by atoms with Crippen molar-refractivity contribution in [3.05, 3.63) is 24.3 Å². The van der Waals surface area contributed by atoms with E-state index in [0.717, 1.165) is 12.8 Å². The molecule has 4 unspecified atom stereocenters. The minimum atomic E-state index is 0.00440. The highest BCUT2D eigenvalue weighted by molar-refractivity contribution is 5.98. The SMILES string of the molecule is NC1C2CCC(C2)C1C(=O)c1cncnc1. The topological polar surface area (TPSA) is 68.9 Å². The second-order valence-electron chi connectivity index (χ2n) is 4.93. The van der Waals surface area contributed by atoms with E-state index in [-0.39, 0.29) is 17.7 Å². The van der Waals surface area contributed by atoms with Crippen LogP contribution < -0.4 is 5.73 Å². The number of nitrogens with two attached hydrogens (primary N) is 1. The van der Waals surface area contributed by atoms with Gasteiger partial charge in [0.25, 0.3) is 0 Å². The lowest BCUT2D eigenvalue weighted by molar-refractivity contribution is 0.0855. The molecule has 0 spiro atoms. The summed E-state index contributed by atoms with van der Waals surface area (Å²) in [7, 11) is 0. The molecule has 0 amide bonds. The Balaban J connectivity index is 1.86. The number of fused-ring (bicyclic) bond motifs is 2. The van der Waals surface area contributed by atoms with Crippen LogP contribution in [0.1, 0.15) is 29.6 Å². The van der Waals surface area contributed by atoms with Crippen molar-refractivity contribution in [3.63, 3.8) is 0 Å². The molecule has 16 heavy (non-hydrogen) atoms. The number of aromatic nitrogens is 2. The number of carbonyl (C=O) groups is 1. The van der Waals surface area contributed by atoms with Crippen molar-refractivity contribution < 1.29 is 4.79 Å². The highest BCUT2D eigenvalue weighted by atomic mass is 16.1. The smallest absolute Gasteiger partial charge is 0.170 e. The van der Waals surface area contributed by atoms with Gasteiger partial charge in [-0.3, -0.25) is 4.79 Å². The van der Waals surface area contributed by atoms with E-state index in [9.17, 15) is 4.79 Å². The van der Waals surface area contributed by atoms with E-state index in [1.165, 1.54) is 12.7 Å². The van der Waals surface area contributed by atoms with Gasteiger partial charge in [0, 0.05) is 24.4 Å². The lowest BCUT2D eigenvalue weighted by atomic mass is 9.80. The van der Waals surface area contributed by atoms with E-state index in [1.807, 2.05) is 0 Å². The molecule has 84 valence electrons. The number of ketones is 1. The lowest BCUT2D eigenvalue weighted by Crippen LogP contribution is -2.40. The summed E-state index contributed by atoms with van der Waals surface area (Å²) in [4.78, 5) is 20.1. The molecule has 1 aromatic heterocycles. The van der Waals surface area contributed by atoms with Gasteiger partial charge in [-0.05, 0) is 31.1 Å². The standard InChI is InChI=1S/C12H15N3O/c13-11-8-2-1-7(3-8)10(11)12(16)9-4-14-6-15-5-9/h4-8,10-11H,1-3,13H2. The summed E-state index contributed by atoms with van der Waals surface area (Å²) in [5.41, 5.74) is 6.75. The van der Waals surface area contributed by atoms with E-state index < -0.39 is 0 Å². The minimum Gasteiger partial charge on any atom is -0.327 e. The fourth-order valence-corrected chi connectivity index (χ4v) is 3.34. The largest absolute Gasteiger partial charge is 0.327 e. The van der Waals surface area contributed by atoms with Crippen molar-refractivity contribution in [2.75, 3.05) is 0 Å². The predicted molar refractivity (Wildman–Crippen MR) is 58.7 cm³/mol. The summed E-state index contributed by atoms with van der Waals surface area (Å²) >= 11 is 0. The van der Waals surface area contributed by atoms with Crippen molar-refractivity contribution >= 4 is 5.78 Å². The zero-order valence-corrected chi connectivity index (χ0v) is 9.04. The van der Waals surface area contributed by atoms with Crippen LogP contribution in [0, 0.1) is 17.8 Å². The van der Waals surface area contributed by atoms with Crippen LogP contribution in [0.15, 0.2) is 18.7 Å². The Kier molecular flexibility index (Phi) is 2.24. The van der Waals surface area contributed by atoms with Crippen LogP contribution in [0.4, 0.5) is 0 Å². The molecule has 2 saturated carbocycles. The summed E-state index contributed by atoms with van der Waals surface area (Å²) in [6.07, 6.45) is 8.11. The van der Waals surface area contributed by atoms with Crippen molar-refractivity contribution in [1.29, 1.82) is 0 Å². The van der Waals surface area contributed by atoms with Gasteiger partial charge >= 0.3 is 0 Å². The van der Waals surface area contributed by atoms with Gasteiger partial charge in [-0.1, -0.05) is 0 Å². The molecule has 1 aromatic rings. The minimum absolute atomic E-state index is 0.00440. The van der Waals surface area contributed by atoms with E-state index in [1.54, 1.807) is 12.4 Å². The third kappa shape index (κ3) is 1.37. The fourth-order valence-electron chi connectivity index (χ4n) is 3.34. The zero-order valence-electron chi connectivity index (χ0n) is 9.04. The number of rotatable bonds is 2. The summed E-state index contributed by atoms with van der Waals surface area (Å²) < 4.78 is 0. The molecule has 0 radical (unpaired) electrons. The average molecular weight is 217 g/mol.